The Bertz CT molecular complexity index is 796. The summed E-state index contributed by atoms with van der Waals surface area (Å²) in [6.07, 6.45) is 4.05. The van der Waals surface area contributed by atoms with Crippen LogP contribution in [-0.2, 0) is 17.8 Å². The maximum atomic E-state index is 14.2. The van der Waals surface area contributed by atoms with Crippen molar-refractivity contribution in [1.82, 2.24) is 20.5 Å². The third kappa shape index (κ3) is 3.11. The average Bonchev–Trinajstić information content (AvgIpc) is 2.95. The van der Waals surface area contributed by atoms with Crippen LogP contribution in [0.1, 0.15) is 36.2 Å². The highest BCUT2D eigenvalue weighted by Gasteiger charge is 2.51. The zero-order valence-corrected chi connectivity index (χ0v) is 14.9. The summed E-state index contributed by atoms with van der Waals surface area (Å²) in [5.74, 6) is -0.308. The van der Waals surface area contributed by atoms with Crippen LogP contribution in [0.3, 0.4) is 0 Å². The first kappa shape index (κ1) is 17.1. The van der Waals surface area contributed by atoms with Gasteiger partial charge in [0, 0.05) is 19.1 Å². The molecular formula is C19H23FN4O2. The van der Waals surface area contributed by atoms with Crippen molar-refractivity contribution < 1.29 is 13.8 Å². The number of hydrogen-bond acceptors (Lipinski definition) is 5. The molecule has 2 fully saturated rings. The highest BCUT2D eigenvalue weighted by Crippen LogP contribution is 2.40. The third-order valence-electron chi connectivity index (χ3n) is 5.73. The Labute approximate surface area is 151 Å². The first-order chi connectivity index (χ1) is 12.6. The molecule has 0 radical (unpaired) electrons. The third-order valence-corrected chi connectivity index (χ3v) is 5.73. The first-order valence-electron chi connectivity index (χ1n) is 9.11. The number of aromatic nitrogens is 2. The van der Waals surface area contributed by atoms with Gasteiger partial charge < -0.3 is 5.32 Å². The van der Waals surface area contributed by atoms with Crippen molar-refractivity contribution in [2.75, 3.05) is 13.1 Å². The Balaban J connectivity index is 1.48. The summed E-state index contributed by atoms with van der Waals surface area (Å²) in [6.45, 7) is 3.41. The SMILES string of the molecule is Cc1nonc1CNC(=O)C1(Cc2ccccc2F)CN(C2CCC2)C1. The summed E-state index contributed by atoms with van der Waals surface area (Å²) >= 11 is 0. The standard InChI is InChI=1S/C19H23FN4O2/c1-13-17(23-26-22-13)10-21-18(25)19(9-14-5-2-3-8-16(14)20)11-24(12-19)15-6-4-7-15/h2-3,5,8,15H,4,6-7,9-12H2,1H3,(H,21,25). The fraction of sp³-hybridized carbons (Fsp3) is 0.526. The van der Waals surface area contributed by atoms with E-state index < -0.39 is 5.41 Å². The molecule has 1 aromatic heterocycles. The molecule has 2 heterocycles. The van der Waals surface area contributed by atoms with Crippen LogP contribution in [0.2, 0.25) is 0 Å². The molecule has 0 bridgehead atoms. The maximum Gasteiger partial charge on any atom is 0.229 e. The van der Waals surface area contributed by atoms with E-state index in [4.69, 9.17) is 0 Å². The molecule has 4 rings (SSSR count). The van der Waals surface area contributed by atoms with Crippen LogP contribution in [0, 0.1) is 18.2 Å². The summed E-state index contributed by atoms with van der Waals surface area (Å²) < 4.78 is 18.8. The quantitative estimate of drug-likeness (QED) is 0.857. The Morgan fingerprint density at radius 1 is 1.35 bits per heavy atom. The van der Waals surface area contributed by atoms with Crippen LogP contribution in [0.5, 0.6) is 0 Å². The number of likely N-dealkylation sites (tertiary alicyclic amines) is 1. The number of carbonyl (C=O) groups excluding carboxylic acids is 1. The maximum absolute atomic E-state index is 14.2. The molecule has 0 unspecified atom stereocenters. The summed E-state index contributed by atoms with van der Waals surface area (Å²) in [6, 6.07) is 7.29. The van der Waals surface area contributed by atoms with Gasteiger partial charge in [0.05, 0.1) is 12.0 Å². The van der Waals surface area contributed by atoms with E-state index in [-0.39, 0.29) is 18.3 Å². The number of carbonyl (C=O) groups is 1. The molecule has 1 saturated carbocycles. The monoisotopic (exact) mass is 358 g/mol. The van der Waals surface area contributed by atoms with E-state index in [1.807, 2.05) is 6.07 Å². The van der Waals surface area contributed by atoms with E-state index >= 15 is 0 Å². The minimum Gasteiger partial charge on any atom is -0.350 e. The van der Waals surface area contributed by atoms with Crippen LogP contribution < -0.4 is 5.32 Å². The summed E-state index contributed by atoms with van der Waals surface area (Å²) in [5.41, 5.74) is 1.28. The average molecular weight is 358 g/mol. The van der Waals surface area contributed by atoms with Crippen LogP contribution in [0.15, 0.2) is 28.9 Å². The topological polar surface area (TPSA) is 71.3 Å². The second-order valence-electron chi connectivity index (χ2n) is 7.52. The van der Waals surface area contributed by atoms with Gasteiger partial charge in [-0.3, -0.25) is 9.69 Å². The lowest BCUT2D eigenvalue weighted by atomic mass is 9.71. The van der Waals surface area contributed by atoms with Gasteiger partial charge in [-0.25, -0.2) is 9.02 Å². The number of nitrogens with one attached hydrogen (secondary N) is 1. The summed E-state index contributed by atoms with van der Waals surface area (Å²) in [4.78, 5) is 15.4. The van der Waals surface area contributed by atoms with Crippen molar-refractivity contribution in [3.05, 3.63) is 47.0 Å². The Morgan fingerprint density at radius 2 is 2.12 bits per heavy atom. The van der Waals surface area contributed by atoms with Gasteiger partial charge >= 0.3 is 0 Å². The number of aryl methyl sites for hydroxylation is 1. The van der Waals surface area contributed by atoms with Gasteiger partial charge in [0.25, 0.3) is 0 Å². The van der Waals surface area contributed by atoms with Crippen molar-refractivity contribution in [2.24, 2.45) is 5.41 Å². The molecule has 0 atom stereocenters. The lowest BCUT2D eigenvalue weighted by Gasteiger charge is -2.54. The van der Waals surface area contributed by atoms with E-state index in [9.17, 15) is 9.18 Å². The lowest BCUT2D eigenvalue weighted by molar-refractivity contribution is -0.146. The predicted molar refractivity (Wildman–Crippen MR) is 92.6 cm³/mol. The van der Waals surface area contributed by atoms with Gasteiger partial charge in [-0.2, -0.15) is 0 Å². The first-order valence-corrected chi connectivity index (χ1v) is 9.11. The normalized spacial score (nSPS) is 19.6. The van der Waals surface area contributed by atoms with Crippen molar-refractivity contribution in [1.29, 1.82) is 0 Å². The molecule has 1 amide bonds. The van der Waals surface area contributed by atoms with Crippen molar-refractivity contribution in [3.63, 3.8) is 0 Å². The number of halogens is 1. The molecule has 138 valence electrons. The summed E-state index contributed by atoms with van der Waals surface area (Å²) in [7, 11) is 0. The van der Waals surface area contributed by atoms with Crippen molar-refractivity contribution in [3.8, 4) is 0 Å². The van der Waals surface area contributed by atoms with Gasteiger partial charge in [-0.1, -0.05) is 34.9 Å². The van der Waals surface area contributed by atoms with E-state index in [1.54, 1.807) is 19.1 Å². The van der Waals surface area contributed by atoms with E-state index in [0.717, 1.165) is 0 Å². The molecule has 1 N–H and O–H groups in total. The van der Waals surface area contributed by atoms with E-state index in [2.05, 4.69) is 25.2 Å². The van der Waals surface area contributed by atoms with Crippen LogP contribution in [0.4, 0.5) is 4.39 Å². The molecule has 2 aliphatic rings. The molecule has 2 aromatic rings. The van der Waals surface area contributed by atoms with Gasteiger partial charge in [0.2, 0.25) is 5.91 Å². The van der Waals surface area contributed by atoms with E-state index in [0.29, 0.717) is 42.5 Å². The molecule has 1 aliphatic carbocycles. The number of benzene rings is 1. The molecule has 1 aromatic carbocycles. The minimum atomic E-state index is -0.594. The molecule has 1 saturated heterocycles. The lowest BCUT2D eigenvalue weighted by Crippen LogP contribution is -2.67. The van der Waals surface area contributed by atoms with Gasteiger partial charge in [0.1, 0.15) is 17.2 Å². The van der Waals surface area contributed by atoms with Crippen LogP contribution >= 0.6 is 0 Å². The van der Waals surface area contributed by atoms with Crippen molar-refractivity contribution in [2.45, 2.75) is 45.2 Å². The Morgan fingerprint density at radius 3 is 2.73 bits per heavy atom. The summed E-state index contributed by atoms with van der Waals surface area (Å²) in [5, 5.41) is 10.5. The zero-order valence-electron chi connectivity index (χ0n) is 14.9. The second kappa shape index (κ2) is 6.79. The Hall–Kier alpha value is -2.28. The fourth-order valence-electron chi connectivity index (χ4n) is 3.84. The Kier molecular flexibility index (Phi) is 4.48. The highest BCUT2D eigenvalue weighted by atomic mass is 19.1. The number of amides is 1. The fourth-order valence-corrected chi connectivity index (χ4v) is 3.84. The van der Waals surface area contributed by atoms with Crippen LogP contribution in [0.25, 0.3) is 0 Å². The smallest absolute Gasteiger partial charge is 0.229 e. The molecule has 26 heavy (non-hydrogen) atoms. The molecule has 6 nitrogen and oxygen atoms in total. The number of nitrogens with zero attached hydrogens (tertiary/aromatic N) is 3. The number of hydrogen-bond donors (Lipinski definition) is 1. The predicted octanol–water partition coefficient (Wildman–Crippen LogP) is 2.23. The molecular weight excluding hydrogens is 335 g/mol. The van der Waals surface area contributed by atoms with Gasteiger partial charge in [-0.15, -0.1) is 0 Å². The van der Waals surface area contributed by atoms with Crippen LogP contribution in [-0.4, -0.2) is 40.3 Å². The minimum absolute atomic E-state index is 0.0567. The number of rotatable bonds is 6. The van der Waals surface area contributed by atoms with E-state index in [1.165, 1.54) is 25.3 Å². The van der Waals surface area contributed by atoms with Gasteiger partial charge in [0.15, 0.2) is 0 Å². The molecule has 1 aliphatic heterocycles. The van der Waals surface area contributed by atoms with Crippen molar-refractivity contribution >= 4 is 5.91 Å². The molecule has 7 heteroatoms. The molecule has 0 spiro atoms. The highest BCUT2D eigenvalue weighted by molar-refractivity contribution is 5.84. The van der Waals surface area contributed by atoms with Gasteiger partial charge in [-0.05, 0) is 37.8 Å². The zero-order chi connectivity index (χ0) is 18.1. The second-order valence-corrected chi connectivity index (χ2v) is 7.52. The largest absolute Gasteiger partial charge is 0.350 e.